The van der Waals surface area contributed by atoms with E-state index in [0.717, 1.165) is 31.8 Å². The van der Waals surface area contributed by atoms with Crippen LogP contribution >= 0.6 is 0 Å². The summed E-state index contributed by atoms with van der Waals surface area (Å²) in [5, 5.41) is 3.39. The second-order valence-electron chi connectivity index (χ2n) is 5.21. The Morgan fingerprint density at radius 1 is 1.53 bits per heavy atom. The maximum Gasteiger partial charge on any atom is 0.137 e. The van der Waals surface area contributed by atoms with Crippen molar-refractivity contribution in [3.63, 3.8) is 0 Å². The molecule has 1 N–H and O–H groups in total. The molecule has 4 heteroatoms. The number of hydrogen-bond donors (Lipinski definition) is 1. The summed E-state index contributed by atoms with van der Waals surface area (Å²) in [6.07, 6.45) is 6.15. The largest absolute Gasteiger partial charge is 0.492 e. The van der Waals surface area contributed by atoms with E-state index in [1.54, 1.807) is 6.20 Å². The first-order valence-corrected chi connectivity index (χ1v) is 7.11. The molecule has 0 aromatic carbocycles. The minimum atomic E-state index is 0.280. The third kappa shape index (κ3) is 3.67. The van der Waals surface area contributed by atoms with E-state index in [9.17, 15) is 0 Å². The molecule has 3 atom stereocenters. The molecule has 0 radical (unpaired) electrons. The number of nitrogens with one attached hydrogen (secondary N) is 1. The molecule has 1 saturated heterocycles. The monoisotopic (exact) mass is 264 g/mol. The van der Waals surface area contributed by atoms with Gasteiger partial charge in [0, 0.05) is 18.2 Å². The molecule has 0 spiro atoms. The van der Waals surface area contributed by atoms with Crippen molar-refractivity contribution in [2.45, 2.75) is 38.8 Å². The molecule has 19 heavy (non-hydrogen) atoms. The van der Waals surface area contributed by atoms with Crippen molar-refractivity contribution >= 4 is 0 Å². The molecule has 2 heterocycles. The Bertz CT molecular complexity index is 397. The molecule has 0 aliphatic carbocycles. The Morgan fingerprint density at radius 2 is 2.37 bits per heavy atom. The lowest BCUT2D eigenvalue weighted by Crippen LogP contribution is -2.25. The Labute approximate surface area is 115 Å². The van der Waals surface area contributed by atoms with Gasteiger partial charge in [-0.2, -0.15) is 0 Å². The van der Waals surface area contributed by atoms with Crippen LogP contribution in [0.15, 0.2) is 18.5 Å². The Hall–Kier alpha value is -1.13. The quantitative estimate of drug-likeness (QED) is 0.857. The van der Waals surface area contributed by atoms with Crippen molar-refractivity contribution in [3.8, 4) is 5.75 Å². The fraction of sp³-hybridized carbons (Fsp3) is 0.667. The van der Waals surface area contributed by atoms with Crippen LogP contribution in [0.2, 0.25) is 0 Å². The van der Waals surface area contributed by atoms with Crippen molar-refractivity contribution < 1.29 is 9.47 Å². The van der Waals surface area contributed by atoms with Crippen molar-refractivity contribution in [1.82, 2.24) is 10.3 Å². The summed E-state index contributed by atoms with van der Waals surface area (Å²) in [4.78, 5) is 4.29. The average molecular weight is 264 g/mol. The van der Waals surface area contributed by atoms with Crippen LogP contribution in [0, 0.1) is 5.92 Å². The number of hydrogen-bond acceptors (Lipinski definition) is 4. The summed E-state index contributed by atoms with van der Waals surface area (Å²) < 4.78 is 11.3. The van der Waals surface area contributed by atoms with E-state index in [-0.39, 0.29) is 6.04 Å². The van der Waals surface area contributed by atoms with E-state index >= 15 is 0 Å². The molecule has 1 aliphatic rings. The van der Waals surface area contributed by atoms with Crippen LogP contribution in [0.25, 0.3) is 0 Å². The predicted molar refractivity (Wildman–Crippen MR) is 75.3 cm³/mol. The van der Waals surface area contributed by atoms with Crippen molar-refractivity contribution in [2.24, 2.45) is 5.92 Å². The highest BCUT2D eigenvalue weighted by Crippen LogP contribution is 2.32. The standard InChI is InChI=1S/C15H24N2O2/c1-4-5-18-14-7-12(8-17-9-14)15(16-3)13-6-11(2)19-10-13/h7-9,11,13,15-16H,4-6,10H2,1-3H3. The molecule has 0 bridgehead atoms. The molecule has 4 nitrogen and oxygen atoms in total. The van der Waals surface area contributed by atoms with E-state index in [4.69, 9.17) is 9.47 Å². The number of ether oxygens (including phenoxy) is 2. The first kappa shape index (κ1) is 14.3. The molecule has 0 amide bonds. The molecule has 2 rings (SSSR count). The fourth-order valence-corrected chi connectivity index (χ4v) is 2.66. The minimum Gasteiger partial charge on any atom is -0.492 e. The van der Waals surface area contributed by atoms with Gasteiger partial charge in [0.05, 0.1) is 25.5 Å². The molecule has 106 valence electrons. The lowest BCUT2D eigenvalue weighted by atomic mass is 9.92. The average Bonchev–Trinajstić information content (AvgIpc) is 2.84. The van der Waals surface area contributed by atoms with Gasteiger partial charge in [-0.1, -0.05) is 6.92 Å². The summed E-state index contributed by atoms with van der Waals surface area (Å²) in [5.74, 6) is 1.36. The number of aromatic nitrogens is 1. The Balaban J connectivity index is 2.09. The smallest absolute Gasteiger partial charge is 0.137 e. The van der Waals surface area contributed by atoms with E-state index in [0.29, 0.717) is 12.0 Å². The highest BCUT2D eigenvalue weighted by atomic mass is 16.5. The summed E-state index contributed by atoms with van der Waals surface area (Å²) in [5.41, 5.74) is 1.18. The molecule has 0 saturated carbocycles. The Kier molecular flexibility index (Phi) is 5.16. The molecular formula is C15H24N2O2. The highest BCUT2D eigenvalue weighted by Gasteiger charge is 2.30. The second-order valence-corrected chi connectivity index (χ2v) is 5.21. The van der Waals surface area contributed by atoms with Gasteiger partial charge in [-0.05, 0) is 38.4 Å². The topological polar surface area (TPSA) is 43.4 Å². The van der Waals surface area contributed by atoms with Gasteiger partial charge in [0.1, 0.15) is 5.75 Å². The van der Waals surface area contributed by atoms with Crippen molar-refractivity contribution in [1.29, 1.82) is 0 Å². The minimum absolute atomic E-state index is 0.280. The summed E-state index contributed by atoms with van der Waals surface area (Å²) in [7, 11) is 1.99. The third-order valence-corrected chi connectivity index (χ3v) is 3.58. The zero-order valence-corrected chi connectivity index (χ0v) is 12.1. The van der Waals surface area contributed by atoms with Crippen LogP contribution in [-0.2, 0) is 4.74 Å². The normalized spacial score (nSPS) is 24.4. The zero-order chi connectivity index (χ0) is 13.7. The van der Waals surface area contributed by atoms with Crippen molar-refractivity contribution in [2.75, 3.05) is 20.3 Å². The van der Waals surface area contributed by atoms with Gasteiger partial charge in [0.25, 0.3) is 0 Å². The van der Waals surface area contributed by atoms with Gasteiger partial charge in [-0.25, -0.2) is 0 Å². The number of pyridine rings is 1. The number of nitrogens with zero attached hydrogens (tertiary/aromatic N) is 1. The fourth-order valence-electron chi connectivity index (χ4n) is 2.66. The van der Waals surface area contributed by atoms with Gasteiger partial charge >= 0.3 is 0 Å². The second kappa shape index (κ2) is 6.87. The van der Waals surface area contributed by atoms with Crippen molar-refractivity contribution in [3.05, 3.63) is 24.0 Å². The van der Waals surface area contributed by atoms with Gasteiger partial charge in [0.2, 0.25) is 0 Å². The van der Waals surface area contributed by atoms with Crippen LogP contribution in [0.5, 0.6) is 5.75 Å². The molecule has 1 aromatic heterocycles. The van der Waals surface area contributed by atoms with E-state index in [2.05, 4.69) is 30.2 Å². The van der Waals surface area contributed by atoms with E-state index in [1.165, 1.54) is 5.56 Å². The molecule has 1 aliphatic heterocycles. The van der Waals surface area contributed by atoms with Crippen LogP contribution in [-0.4, -0.2) is 31.3 Å². The van der Waals surface area contributed by atoms with Crippen LogP contribution in [0.3, 0.4) is 0 Å². The molecule has 1 aromatic rings. The Morgan fingerprint density at radius 3 is 3.00 bits per heavy atom. The van der Waals surface area contributed by atoms with Gasteiger partial charge in [-0.3, -0.25) is 4.98 Å². The summed E-state index contributed by atoms with van der Waals surface area (Å²) >= 11 is 0. The van der Waals surface area contributed by atoms with Gasteiger partial charge in [0.15, 0.2) is 0 Å². The van der Waals surface area contributed by atoms with Crippen LogP contribution in [0.4, 0.5) is 0 Å². The summed E-state index contributed by atoms with van der Waals surface area (Å²) in [6, 6.07) is 2.37. The van der Waals surface area contributed by atoms with Crippen LogP contribution < -0.4 is 10.1 Å². The third-order valence-electron chi connectivity index (χ3n) is 3.58. The van der Waals surface area contributed by atoms with Gasteiger partial charge in [-0.15, -0.1) is 0 Å². The first-order valence-electron chi connectivity index (χ1n) is 7.11. The van der Waals surface area contributed by atoms with E-state index < -0.39 is 0 Å². The SMILES string of the molecule is CCCOc1cncc(C(NC)C2COC(C)C2)c1. The molecule has 3 unspecified atom stereocenters. The highest BCUT2D eigenvalue weighted by molar-refractivity contribution is 5.26. The van der Waals surface area contributed by atoms with Crippen LogP contribution in [0.1, 0.15) is 38.3 Å². The predicted octanol–water partition coefficient (Wildman–Crippen LogP) is 2.56. The van der Waals surface area contributed by atoms with E-state index in [1.807, 2.05) is 13.2 Å². The summed E-state index contributed by atoms with van der Waals surface area (Å²) in [6.45, 7) is 5.78. The molecule has 1 fully saturated rings. The lowest BCUT2D eigenvalue weighted by Gasteiger charge is -2.22. The number of rotatable bonds is 6. The first-order chi connectivity index (χ1) is 9.24. The molecular weight excluding hydrogens is 240 g/mol. The maximum atomic E-state index is 5.67. The van der Waals surface area contributed by atoms with Gasteiger partial charge < -0.3 is 14.8 Å². The lowest BCUT2D eigenvalue weighted by molar-refractivity contribution is 0.117. The zero-order valence-electron chi connectivity index (χ0n) is 12.1. The maximum absolute atomic E-state index is 5.67.